The maximum Gasteiger partial charge on any atom is 0.433 e. The van der Waals surface area contributed by atoms with Crippen LogP contribution in [0.5, 0.6) is 0 Å². The molecule has 1 aliphatic rings. The summed E-state index contributed by atoms with van der Waals surface area (Å²) in [4.78, 5) is 19.6. The van der Waals surface area contributed by atoms with Crippen LogP contribution in [0, 0.1) is 0 Å². The molecule has 0 unspecified atom stereocenters. The van der Waals surface area contributed by atoms with Crippen LogP contribution in [0.25, 0.3) is 11.3 Å². The number of rotatable bonds is 5. The van der Waals surface area contributed by atoms with Crippen LogP contribution in [0.3, 0.4) is 0 Å². The molecule has 0 spiro atoms. The van der Waals surface area contributed by atoms with E-state index in [9.17, 15) is 18.0 Å². The topological polar surface area (TPSA) is 67.2 Å². The van der Waals surface area contributed by atoms with Gasteiger partial charge in [-0.3, -0.25) is 4.79 Å². The second-order valence-corrected chi connectivity index (χ2v) is 6.94. The van der Waals surface area contributed by atoms with Crippen molar-refractivity contribution in [2.75, 3.05) is 5.75 Å². The molecule has 1 amide bonds. The number of hydrogen-bond donors (Lipinski definition) is 1. The minimum absolute atomic E-state index is 0.104. The molecule has 1 aliphatic carbocycles. The Morgan fingerprint density at radius 2 is 1.85 bits per heavy atom. The highest BCUT2D eigenvalue weighted by Gasteiger charge is 2.34. The number of carbonyl (C=O) groups excluding carboxylic acids is 1. The Morgan fingerprint density at radius 3 is 2.52 bits per heavy atom. The molecule has 0 radical (unpaired) electrons. The number of carbonyl (C=O) groups is 1. The summed E-state index contributed by atoms with van der Waals surface area (Å²) >= 11 is 0.847. The van der Waals surface area contributed by atoms with E-state index in [-0.39, 0.29) is 16.6 Å². The predicted octanol–water partition coefficient (Wildman–Crippen LogP) is 4.30. The van der Waals surface area contributed by atoms with Gasteiger partial charge in [-0.2, -0.15) is 18.3 Å². The molecule has 1 N–H and O–H groups in total. The van der Waals surface area contributed by atoms with E-state index in [2.05, 4.69) is 20.5 Å². The highest BCUT2D eigenvalue weighted by Crippen LogP contribution is 2.31. The summed E-state index contributed by atoms with van der Waals surface area (Å²) < 4.78 is 39.5. The van der Waals surface area contributed by atoms with E-state index in [4.69, 9.17) is 0 Å². The normalized spacial score (nSPS) is 14.3. The number of aromatic nitrogens is 2. The average molecular weight is 394 g/mol. The molecule has 0 bridgehead atoms. The molecule has 142 valence electrons. The van der Waals surface area contributed by atoms with Crippen molar-refractivity contribution in [1.29, 1.82) is 0 Å². The van der Waals surface area contributed by atoms with Gasteiger partial charge in [0.2, 0.25) is 0 Å². The van der Waals surface area contributed by atoms with Gasteiger partial charge in [-0.1, -0.05) is 42.1 Å². The molecule has 1 saturated carbocycles. The first kappa shape index (κ1) is 19.3. The number of benzene rings is 1. The van der Waals surface area contributed by atoms with E-state index in [1.165, 1.54) is 0 Å². The van der Waals surface area contributed by atoms with Gasteiger partial charge in [0.25, 0.3) is 5.91 Å². The molecule has 1 aromatic heterocycles. The van der Waals surface area contributed by atoms with Gasteiger partial charge in [0.1, 0.15) is 5.69 Å². The number of thioether (sulfide) groups is 1. The fourth-order valence-corrected chi connectivity index (χ4v) is 3.24. The van der Waals surface area contributed by atoms with Crippen LogP contribution in [0.4, 0.5) is 13.2 Å². The van der Waals surface area contributed by atoms with Crippen molar-refractivity contribution >= 4 is 23.4 Å². The molecule has 27 heavy (non-hydrogen) atoms. The Bertz CT molecular complexity index is 832. The lowest BCUT2D eigenvalue weighted by Gasteiger charge is -2.10. The molecule has 2 aromatic rings. The first-order valence-corrected chi connectivity index (χ1v) is 9.39. The number of nitrogens with one attached hydrogen (secondary N) is 1. The predicted molar refractivity (Wildman–Crippen MR) is 97.2 cm³/mol. The molecule has 5 nitrogen and oxygen atoms in total. The van der Waals surface area contributed by atoms with Crippen LogP contribution in [0.1, 0.15) is 31.4 Å². The second kappa shape index (κ2) is 8.51. The van der Waals surface area contributed by atoms with Crippen molar-refractivity contribution in [3.05, 3.63) is 42.1 Å². The Labute approximate surface area is 158 Å². The molecular formula is C18H17F3N4OS. The summed E-state index contributed by atoms with van der Waals surface area (Å²) in [6, 6.07) is 9.44. The number of amides is 1. The molecule has 1 aromatic carbocycles. The van der Waals surface area contributed by atoms with Gasteiger partial charge < -0.3 is 0 Å². The average Bonchev–Trinajstić information content (AvgIpc) is 3.18. The van der Waals surface area contributed by atoms with Gasteiger partial charge in [-0.05, 0) is 31.7 Å². The van der Waals surface area contributed by atoms with Crippen molar-refractivity contribution in [2.45, 2.75) is 37.0 Å². The third-order valence-corrected chi connectivity index (χ3v) is 4.76. The first-order chi connectivity index (χ1) is 12.9. The lowest BCUT2D eigenvalue weighted by Crippen LogP contribution is -2.21. The third-order valence-electron chi connectivity index (χ3n) is 3.92. The Balaban J connectivity index is 1.74. The third kappa shape index (κ3) is 5.53. The van der Waals surface area contributed by atoms with Crippen molar-refractivity contribution in [2.24, 2.45) is 5.10 Å². The van der Waals surface area contributed by atoms with Gasteiger partial charge in [-0.15, -0.1) is 0 Å². The summed E-state index contributed by atoms with van der Waals surface area (Å²) in [5, 5.41) is 3.94. The minimum Gasteiger partial charge on any atom is -0.272 e. The smallest absolute Gasteiger partial charge is 0.272 e. The zero-order chi connectivity index (χ0) is 19.3. The molecule has 0 aliphatic heterocycles. The molecule has 1 fully saturated rings. The quantitative estimate of drug-likeness (QED) is 0.466. The number of hydrogen-bond acceptors (Lipinski definition) is 5. The van der Waals surface area contributed by atoms with Crippen LogP contribution in [-0.4, -0.2) is 27.3 Å². The van der Waals surface area contributed by atoms with Crippen molar-refractivity contribution in [3.63, 3.8) is 0 Å². The van der Waals surface area contributed by atoms with Crippen LogP contribution < -0.4 is 5.43 Å². The van der Waals surface area contributed by atoms with Gasteiger partial charge in [-0.25, -0.2) is 15.4 Å². The number of hydrazone groups is 1. The summed E-state index contributed by atoms with van der Waals surface area (Å²) in [7, 11) is 0. The lowest BCUT2D eigenvalue weighted by atomic mass is 10.1. The molecular weight excluding hydrogens is 377 g/mol. The molecule has 1 heterocycles. The van der Waals surface area contributed by atoms with Gasteiger partial charge >= 0.3 is 6.18 Å². The number of nitrogens with zero attached hydrogens (tertiary/aromatic N) is 3. The molecule has 9 heteroatoms. The second-order valence-electron chi connectivity index (χ2n) is 5.99. The van der Waals surface area contributed by atoms with Gasteiger partial charge in [0, 0.05) is 11.3 Å². The van der Waals surface area contributed by atoms with Gasteiger partial charge in [0.05, 0.1) is 11.4 Å². The van der Waals surface area contributed by atoms with Crippen molar-refractivity contribution in [1.82, 2.24) is 15.4 Å². The maximum atomic E-state index is 13.2. The minimum atomic E-state index is -4.60. The van der Waals surface area contributed by atoms with E-state index in [0.29, 0.717) is 5.56 Å². The zero-order valence-electron chi connectivity index (χ0n) is 14.3. The van der Waals surface area contributed by atoms with Gasteiger partial charge in [0.15, 0.2) is 5.16 Å². The fraction of sp³-hybridized carbons (Fsp3) is 0.333. The van der Waals surface area contributed by atoms with E-state index in [1.54, 1.807) is 30.3 Å². The summed E-state index contributed by atoms with van der Waals surface area (Å²) in [5.74, 6) is -0.520. The van der Waals surface area contributed by atoms with Crippen LogP contribution in [0.15, 0.2) is 46.7 Å². The summed E-state index contributed by atoms with van der Waals surface area (Å²) in [6.07, 6.45) is -0.749. The van der Waals surface area contributed by atoms with E-state index in [0.717, 1.165) is 49.2 Å². The van der Waals surface area contributed by atoms with Crippen LogP contribution in [0.2, 0.25) is 0 Å². The van der Waals surface area contributed by atoms with E-state index in [1.807, 2.05) is 0 Å². The zero-order valence-corrected chi connectivity index (χ0v) is 15.1. The van der Waals surface area contributed by atoms with Crippen LogP contribution in [-0.2, 0) is 11.0 Å². The molecule has 3 rings (SSSR count). The standard InChI is InChI=1S/C18H17F3N4OS/c19-18(20,21)15-10-14(12-6-2-1-3-7-12)22-17(23-15)27-11-16(26)25-24-13-8-4-5-9-13/h1-3,6-7,10H,4-5,8-9,11H2,(H,25,26). The number of halogens is 3. The Kier molecular flexibility index (Phi) is 6.10. The Morgan fingerprint density at radius 1 is 1.15 bits per heavy atom. The highest BCUT2D eigenvalue weighted by molar-refractivity contribution is 7.99. The lowest BCUT2D eigenvalue weighted by molar-refractivity contribution is -0.141. The maximum absolute atomic E-state index is 13.2. The summed E-state index contributed by atoms with van der Waals surface area (Å²) in [5.41, 5.74) is 3.04. The van der Waals surface area contributed by atoms with Crippen molar-refractivity contribution < 1.29 is 18.0 Å². The molecule has 0 atom stereocenters. The fourth-order valence-electron chi connectivity index (χ4n) is 2.59. The highest BCUT2D eigenvalue weighted by atomic mass is 32.2. The first-order valence-electron chi connectivity index (χ1n) is 8.40. The largest absolute Gasteiger partial charge is 0.433 e. The number of alkyl halides is 3. The van der Waals surface area contributed by atoms with E-state index < -0.39 is 17.8 Å². The molecule has 0 saturated heterocycles. The van der Waals surface area contributed by atoms with Crippen LogP contribution >= 0.6 is 11.8 Å². The van der Waals surface area contributed by atoms with E-state index >= 15 is 0 Å². The van der Waals surface area contributed by atoms with Crippen molar-refractivity contribution in [3.8, 4) is 11.3 Å². The SMILES string of the molecule is O=C(CSc1nc(-c2ccccc2)cc(C(F)(F)F)n1)NN=C1CCCC1. The monoisotopic (exact) mass is 394 g/mol. The Hall–Kier alpha value is -2.42. The summed E-state index contributed by atoms with van der Waals surface area (Å²) in [6.45, 7) is 0.